The summed E-state index contributed by atoms with van der Waals surface area (Å²) in [5.74, 6) is -0.279. The third-order valence-corrected chi connectivity index (χ3v) is 5.14. The van der Waals surface area contributed by atoms with Crippen molar-refractivity contribution in [2.45, 2.75) is 18.9 Å². The lowest BCUT2D eigenvalue weighted by Crippen LogP contribution is -2.42. The number of amides is 1. The number of hydrogen-bond acceptors (Lipinski definition) is 5. The Morgan fingerprint density at radius 1 is 1.28 bits per heavy atom. The summed E-state index contributed by atoms with van der Waals surface area (Å²) in [6.45, 7) is -0.164. The molecule has 2 aromatic heterocycles. The molecule has 3 aromatic rings. The van der Waals surface area contributed by atoms with Gasteiger partial charge >= 0.3 is 0 Å². The van der Waals surface area contributed by atoms with Crippen molar-refractivity contribution in [2.75, 3.05) is 6.61 Å². The van der Waals surface area contributed by atoms with Gasteiger partial charge in [-0.1, -0.05) is 23.7 Å². The second kappa shape index (κ2) is 8.14. The number of rotatable bonds is 6. The zero-order valence-corrected chi connectivity index (χ0v) is 16.2. The van der Waals surface area contributed by atoms with Crippen molar-refractivity contribution in [3.05, 3.63) is 75.8 Å². The second-order valence-corrected chi connectivity index (χ2v) is 7.41. The Kier molecular flexibility index (Phi) is 5.42. The first-order chi connectivity index (χ1) is 14.1. The Bertz CT molecular complexity index is 1080. The molecule has 2 heterocycles. The summed E-state index contributed by atoms with van der Waals surface area (Å²) >= 11 is 5.97. The van der Waals surface area contributed by atoms with E-state index in [9.17, 15) is 14.7 Å². The zero-order chi connectivity index (χ0) is 20.4. The van der Waals surface area contributed by atoms with E-state index >= 15 is 0 Å². The van der Waals surface area contributed by atoms with Gasteiger partial charge in [0.1, 0.15) is 5.56 Å². The Morgan fingerprint density at radius 2 is 2.03 bits per heavy atom. The van der Waals surface area contributed by atoms with Crippen molar-refractivity contribution in [1.82, 2.24) is 20.1 Å². The molecule has 0 saturated heterocycles. The molecule has 7 nitrogen and oxygen atoms in total. The molecule has 1 aliphatic rings. The quantitative estimate of drug-likeness (QED) is 0.650. The number of nitrogens with zero attached hydrogens (tertiary/aromatic N) is 3. The van der Waals surface area contributed by atoms with Crippen LogP contribution in [0.4, 0.5) is 0 Å². The predicted molar refractivity (Wildman–Crippen MR) is 109 cm³/mol. The number of aromatic nitrogens is 3. The van der Waals surface area contributed by atoms with Gasteiger partial charge in [0.15, 0.2) is 0 Å². The van der Waals surface area contributed by atoms with Gasteiger partial charge in [-0.3, -0.25) is 14.6 Å². The molecule has 0 radical (unpaired) electrons. The summed E-state index contributed by atoms with van der Waals surface area (Å²) in [5.41, 5.74) is 1.00. The van der Waals surface area contributed by atoms with Crippen LogP contribution >= 0.6 is 11.6 Å². The van der Waals surface area contributed by atoms with Crippen molar-refractivity contribution < 1.29 is 9.90 Å². The van der Waals surface area contributed by atoms with Crippen LogP contribution in [0.15, 0.2) is 59.7 Å². The molecular weight excluding hydrogens is 392 g/mol. The van der Waals surface area contributed by atoms with Gasteiger partial charge in [0, 0.05) is 16.8 Å². The Balaban J connectivity index is 1.80. The van der Waals surface area contributed by atoms with E-state index in [4.69, 9.17) is 11.6 Å². The van der Waals surface area contributed by atoms with Crippen LogP contribution in [-0.4, -0.2) is 38.4 Å². The maximum Gasteiger partial charge on any atom is 0.284 e. The molecule has 1 atom stereocenters. The van der Waals surface area contributed by atoms with Crippen LogP contribution in [0.5, 0.6) is 0 Å². The number of hydrogen-bond donors (Lipinski definition) is 2. The van der Waals surface area contributed by atoms with E-state index in [-0.39, 0.29) is 24.1 Å². The van der Waals surface area contributed by atoms with Crippen molar-refractivity contribution >= 4 is 17.5 Å². The van der Waals surface area contributed by atoms with Crippen LogP contribution in [-0.2, 0) is 0 Å². The molecule has 1 fully saturated rings. The minimum absolute atomic E-state index is 0.0482. The molecule has 29 heavy (non-hydrogen) atoms. The molecule has 8 heteroatoms. The molecule has 1 amide bonds. The van der Waals surface area contributed by atoms with Gasteiger partial charge in [0.2, 0.25) is 0 Å². The van der Waals surface area contributed by atoms with Crippen LogP contribution in [0, 0.1) is 5.92 Å². The van der Waals surface area contributed by atoms with E-state index < -0.39 is 11.5 Å². The largest absolute Gasteiger partial charge is 0.394 e. The van der Waals surface area contributed by atoms with Gasteiger partial charge < -0.3 is 10.4 Å². The second-order valence-electron chi connectivity index (χ2n) is 6.98. The Hall–Kier alpha value is -3.03. The van der Waals surface area contributed by atoms with Crippen LogP contribution in [0.25, 0.3) is 16.9 Å². The summed E-state index contributed by atoms with van der Waals surface area (Å²) in [7, 11) is 0. The Labute approximate surface area is 172 Å². The lowest BCUT2D eigenvalue weighted by molar-refractivity contribution is 0.0906. The molecule has 1 saturated carbocycles. The topological polar surface area (TPSA) is 97.1 Å². The Morgan fingerprint density at radius 3 is 2.66 bits per heavy atom. The van der Waals surface area contributed by atoms with Crippen molar-refractivity contribution in [3.63, 3.8) is 0 Å². The van der Waals surface area contributed by atoms with Crippen molar-refractivity contribution in [2.24, 2.45) is 5.92 Å². The number of halogens is 1. The third kappa shape index (κ3) is 4.21. The van der Waals surface area contributed by atoms with E-state index in [0.29, 0.717) is 22.0 Å². The van der Waals surface area contributed by atoms with E-state index in [1.54, 1.807) is 42.6 Å². The minimum Gasteiger partial charge on any atom is -0.394 e. The molecule has 4 rings (SSSR count). The van der Waals surface area contributed by atoms with Crippen LogP contribution in [0.1, 0.15) is 23.2 Å². The van der Waals surface area contributed by atoms with Gasteiger partial charge in [0.05, 0.1) is 30.2 Å². The predicted octanol–water partition coefficient (Wildman–Crippen LogP) is 2.45. The number of pyridine rings is 1. The summed E-state index contributed by atoms with van der Waals surface area (Å²) in [4.78, 5) is 30.0. The maximum absolute atomic E-state index is 13.0. The zero-order valence-electron chi connectivity index (χ0n) is 15.5. The molecule has 148 valence electrons. The van der Waals surface area contributed by atoms with Crippen molar-refractivity contribution in [3.8, 4) is 16.9 Å². The molecule has 0 aliphatic heterocycles. The van der Waals surface area contributed by atoms with Crippen LogP contribution in [0.2, 0.25) is 5.02 Å². The summed E-state index contributed by atoms with van der Waals surface area (Å²) in [5, 5.41) is 17.3. The van der Waals surface area contributed by atoms with E-state index in [2.05, 4.69) is 15.4 Å². The molecule has 0 spiro atoms. The molecule has 1 aliphatic carbocycles. The average Bonchev–Trinajstić information content (AvgIpc) is 3.58. The molecule has 2 N–H and O–H groups in total. The number of nitrogens with one attached hydrogen (secondary N) is 1. The van der Waals surface area contributed by atoms with E-state index in [1.165, 1.54) is 12.3 Å². The van der Waals surface area contributed by atoms with Gasteiger partial charge in [-0.15, -0.1) is 0 Å². The molecule has 1 aromatic carbocycles. The first-order valence-electron chi connectivity index (χ1n) is 9.29. The fraction of sp³-hybridized carbons (Fsp3) is 0.238. The fourth-order valence-electron chi connectivity index (χ4n) is 3.13. The van der Waals surface area contributed by atoms with E-state index in [1.807, 2.05) is 0 Å². The number of benzene rings is 1. The normalized spacial score (nSPS) is 14.4. The van der Waals surface area contributed by atoms with Gasteiger partial charge in [-0.25, -0.2) is 0 Å². The van der Waals surface area contributed by atoms with E-state index in [0.717, 1.165) is 17.5 Å². The molecular formula is C21H19ClN4O3. The summed E-state index contributed by atoms with van der Waals surface area (Å²) in [6, 6.07) is 11.5. The fourth-order valence-corrected chi connectivity index (χ4v) is 3.26. The minimum atomic E-state index is -0.555. The standard InChI is InChI=1S/C21H19ClN4O3/c22-15-7-5-13(6-8-15)18-10-17(20(28)24-19(12-27)14-3-4-14)21(29)26(25-18)16-2-1-9-23-11-16/h1-2,5-11,14,19,27H,3-4,12H2,(H,24,28)/t19-/m1/s1. The smallest absolute Gasteiger partial charge is 0.284 e. The monoisotopic (exact) mass is 410 g/mol. The highest BCUT2D eigenvalue weighted by Gasteiger charge is 2.32. The van der Waals surface area contributed by atoms with Gasteiger partial charge in [-0.2, -0.15) is 9.78 Å². The number of aliphatic hydroxyl groups is 1. The highest BCUT2D eigenvalue weighted by atomic mass is 35.5. The maximum atomic E-state index is 13.0. The van der Waals surface area contributed by atoms with Crippen LogP contribution in [0.3, 0.4) is 0 Å². The lowest BCUT2D eigenvalue weighted by Gasteiger charge is -2.16. The molecule has 0 bridgehead atoms. The number of carbonyl (C=O) groups excluding carboxylic acids is 1. The number of aliphatic hydroxyl groups excluding tert-OH is 1. The molecule has 0 unspecified atom stereocenters. The first-order valence-corrected chi connectivity index (χ1v) is 9.67. The number of carbonyl (C=O) groups is 1. The van der Waals surface area contributed by atoms with Gasteiger partial charge in [-0.05, 0) is 49.1 Å². The van der Waals surface area contributed by atoms with Gasteiger partial charge in [0.25, 0.3) is 11.5 Å². The highest BCUT2D eigenvalue weighted by molar-refractivity contribution is 6.30. The van der Waals surface area contributed by atoms with Crippen LogP contribution < -0.4 is 10.9 Å². The summed E-state index contributed by atoms with van der Waals surface area (Å²) in [6.07, 6.45) is 5.00. The highest BCUT2D eigenvalue weighted by Crippen LogP contribution is 2.32. The SMILES string of the molecule is O=C(N[C@H](CO)C1CC1)c1cc(-c2ccc(Cl)cc2)nn(-c2cccnc2)c1=O. The van der Waals surface area contributed by atoms with Crippen molar-refractivity contribution in [1.29, 1.82) is 0 Å². The third-order valence-electron chi connectivity index (χ3n) is 4.89. The average molecular weight is 411 g/mol. The lowest BCUT2D eigenvalue weighted by atomic mass is 10.1. The summed E-state index contributed by atoms with van der Waals surface area (Å²) < 4.78 is 1.16. The first kappa shape index (κ1) is 19.3.